The van der Waals surface area contributed by atoms with Gasteiger partial charge in [-0.3, -0.25) is 9.48 Å². The van der Waals surface area contributed by atoms with Gasteiger partial charge in [0.15, 0.2) is 5.82 Å². The Hall–Kier alpha value is -2.09. The second kappa shape index (κ2) is 5.70. The van der Waals surface area contributed by atoms with E-state index in [0.717, 1.165) is 5.56 Å². The van der Waals surface area contributed by atoms with E-state index < -0.39 is 0 Å². The van der Waals surface area contributed by atoms with Gasteiger partial charge in [-0.15, -0.1) is 0 Å². The summed E-state index contributed by atoms with van der Waals surface area (Å²) in [6, 6.07) is 0. The van der Waals surface area contributed by atoms with Gasteiger partial charge < -0.3 is 16.4 Å². The van der Waals surface area contributed by atoms with Crippen LogP contribution in [-0.2, 0) is 6.54 Å². The SMILES string of the molecule is CNC(=O)c1c(N)nsc1NCCn1cc(C)cn1. The minimum atomic E-state index is -0.233. The summed E-state index contributed by atoms with van der Waals surface area (Å²) in [5.74, 6) is 0.0190. The Bertz CT molecular complexity index is 576. The fraction of sp³-hybridized carbons (Fsp3) is 0.364. The third-order valence-electron chi connectivity index (χ3n) is 2.56. The Kier molecular flexibility index (Phi) is 4.00. The van der Waals surface area contributed by atoms with Crippen LogP contribution in [0.3, 0.4) is 0 Å². The van der Waals surface area contributed by atoms with E-state index >= 15 is 0 Å². The molecule has 19 heavy (non-hydrogen) atoms. The van der Waals surface area contributed by atoms with Gasteiger partial charge in [-0.25, -0.2) is 0 Å². The number of nitrogens with zero attached hydrogens (tertiary/aromatic N) is 3. The third-order valence-corrected chi connectivity index (χ3v) is 3.38. The average molecular weight is 280 g/mol. The van der Waals surface area contributed by atoms with Crippen LogP contribution in [0.2, 0.25) is 0 Å². The zero-order valence-electron chi connectivity index (χ0n) is 10.8. The third kappa shape index (κ3) is 3.02. The number of carbonyl (C=O) groups is 1. The molecule has 102 valence electrons. The Balaban J connectivity index is 1.98. The van der Waals surface area contributed by atoms with Crippen molar-refractivity contribution >= 4 is 28.3 Å². The van der Waals surface area contributed by atoms with Crippen LogP contribution >= 0.6 is 11.5 Å². The first-order chi connectivity index (χ1) is 9.11. The predicted molar refractivity (Wildman–Crippen MR) is 75.4 cm³/mol. The zero-order valence-corrected chi connectivity index (χ0v) is 11.6. The van der Waals surface area contributed by atoms with E-state index in [1.54, 1.807) is 13.2 Å². The number of nitrogens with two attached hydrogens (primary N) is 1. The molecule has 4 N–H and O–H groups in total. The van der Waals surface area contributed by atoms with Crippen LogP contribution in [0.15, 0.2) is 12.4 Å². The average Bonchev–Trinajstić information content (AvgIpc) is 2.96. The fourth-order valence-electron chi connectivity index (χ4n) is 1.64. The number of hydrogen-bond acceptors (Lipinski definition) is 6. The van der Waals surface area contributed by atoms with Crippen molar-refractivity contribution in [2.24, 2.45) is 0 Å². The van der Waals surface area contributed by atoms with Crippen molar-refractivity contribution in [3.05, 3.63) is 23.5 Å². The second-order valence-corrected chi connectivity index (χ2v) is 4.83. The highest BCUT2D eigenvalue weighted by Crippen LogP contribution is 2.26. The summed E-state index contributed by atoms with van der Waals surface area (Å²) in [5.41, 5.74) is 7.21. The van der Waals surface area contributed by atoms with Crippen LogP contribution in [0.25, 0.3) is 0 Å². The van der Waals surface area contributed by atoms with Crippen LogP contribution in [0.1, 0.15) is 15.9 Å². The van der Waals surface area contributed by atoms with Gasteiger partial charge in [-0.05, 0) is 24.0 Å². The van der Waals surface area contributed by atoms with Gasteiger partial charge in [-0.2, -0.15) is 9.47 Å². The smallest absolute Gasteiger partial charge is 0.257 e. The molecule has 0 saturated heterocycles. The molecule has 0 unspecified atom stereocenters. The monoisotopic (exact) mass is 280 g/mol. The summed E-state index contributed by atoms with van der Waals surface area (Å²) in [6.07, 6.45) is 3.77. The number of nitrogen functional groups attached to an aromatic ring is 1. The molecule has 0 fully saturated rings. The summed E-state index contributed by atoms with van der Waals surface area (Å²) in [5, 5.41) is 10.6. The first-order valence-electron chi connectivity index (χ1n) is 5.82. The van der Waals surface area contributed by atoms with Crippen molar-refractivity contribution < 1.29 is 4.79 Å². The number of rotatable bonds is 5. The quantitative estimate of drug-likeness (QED) is 0.749. The maximum atomic E-state index is 11.7. The first-order valence-corrected chi connectivity index (χ1v) is 6.59. The van der Waals surface area contributed by atoms with Crippen LogP contribution in [0.4, 0.5) is 10.8 Å². The van der Waals surface area contributed by atoms with Crippen molar-refractivity contribution in [2.45, 2.75) is 13.5 Å². The molecule has 1 amide bonds. The summed E-state index contributed by atoms with van der Waals surface area (Å²) < 4.78 is 5.83. The fourth-order valence-corrected chi connectivity index (χ4v) is 2.38. The minimum absolute atomic E-state index is 0.233. The number of anilines is 2. The molecule has 0 aliphatic rings. The van der Waals surface area contributed by atoms with Gasteiger partial charge in [0, 0.05) is 19.8 Å². The van der Waals surface area contributed by atoms with Crippen LogP contribution < -0.4 is 16.4 Å². The molecule has 8 heteroatoms. The molecule has 0 aliphatic carbocycles. The lowest BCUT2D eigenvalue weighted by atomic mass is 10.3. The van der Waals surface area contributed by atoms with Gasteiger partial charge in [0.2, 0.25) is 0 Å². The molecule has 2 heterocycles. The molecule has 0 radical (unpaired) electrons. The highest BCUT2D eigenvalue weighted by molar-refractivity contribution is 7.11. The molecule has 2 aromatic heterocycles. The van der Waals surface area contributed by atoms with E-state index in [9.17, 15) is 4.79 Å². The van der Waals surface area contributed by atoms with Gasteiger partial charge in [-0.1, -0.05) is 0 Å². The minimum Gasteiger partial charge on any atom is -0.382 e. The molecular weight excluding hydrogens is 264 g/mol. The Morgan fingerprint density at radius 1 is 1.58 bits per heavy atom. The molecule has 0 atom stereocenters. The van der Waals surface area contributed by atoms with E-state index in [1.807, 2.05) is 17.8 Å². The van der Waals surface area contributed by atoms with Crippen LogP contribution in [0, 0.1) is 6.92 Å². The van der Waals surface area contributed by atoms with E-state index in [-0.39, 0.29) is 11.7 Å². The Morgan fingerprint density at radius 2 is 2.37 bits per heavy atom. The lowest BCUT2D eigenvalue weighted by Crippen LogP contribution is -2.20. The van der Waals surface area contributed by atoms with E-state index in [0.29, 0.717) is 23.7 Å². The Labute approximate surface area is 115 Å². The first kappa shape index (κ1) is 13.3. The summed E-state index contributed by atoms with van der Waals surface area (Å²) in [6.45, 7) is 3.34. The number of nitrogens with one attached hydrogen (secondary N) is 2. The summed E-state index contributed by atoms with van der Waals surface area (Å²) in [4.78, 5) is 11.7. The molecule has 0 bridgehead atoms. The maximum Gasteiger partial charge on any atom is 0.257 e. The molecule has 0 aromatic carbocycles. The lowest BCUT2D eigenvalue weighted by Gasteiger charge is -2.06. The number of aryl methyl sites for hydroxylation is 1. The molecule has 2 rings (SSSR count). The largest absolute Gasteiger partial charge is 0.382 e. The molecule has 0 saturated carbocycles. The molecule has 2 aromatic rings. The van der Waals surface area contributed by atoms with Gasteiger partial charge >= 0.3 is 0 Å². The number of aromatic nitrogens is 3. The summed E-state index contributed by atoms with van der Waals surface area (Å²) in [7, 11) is 1.57. The molecule has 0 spiro atoms. The van der Waals surface area contributed by atoms with Crippen molar-refractivity contribution in [1.82, 2.24) is 19.5 Å². The highest BCUT2D eigenvalue weighted by Gasteiger charge is 2.17. The number of amides is 1. The number of carbonyl (C=O) groups excluding carboxylic acids is 1. The zero-order chi connectivity index (χ0) is 13.8. The van der Waals surface area contributed by atoms with Crippen LogP contribution in [0.5, 0.6) is 0 Å². The van der Waals surface area contributed by atoms with Gasteiger partial charge in [0.05, 0.1) is 12.7 Å². The maximum absolute atomic E-state index is 11.7. The molecular formula is C11H16N6OS. The highest BCUT2D eigenvalue weighted by atomic mass is 32.1. The van der Waals surface area contributed by atoms with E-state index in [4.69, 9.17) is 5.73 Å². The normalized spacial score (nSPS) is 10.4. The topological polar surface area (TPSA) is 97.9 Å². The van der Waals surface area contributed by atoms with Gasteiger partial charge in [0.25, 0.3) is 5.91 Å². The molecule has 7 nitrogen and oxygen atoms in total. The Morgan fingerprint density at radius 3 is 3.00 bits per heavy atom. The van der Waals surface area contributed by atoms with Crippen LogP contribution in [-0.4, -0.2) is 33.7 Å². The van der Waals surface area contributed by atoms with E-state index in [2.05, 4.69) is 20.1 Å². The van der Waals surface area contributed by atoms with Crippen molar-refractivity contribution in [3.63, 3.8) is 0 Å². The van der Waals surface area contributed by atoms with Crippen molar-refractivity contribution in [1.29, 1.82) is 0 Å². The standard InChI is InChI=1S/C11H16N6OS/c1-7-5-15-17(6-7)4-3-14-11-8(10(18)13-2)9(12)16-19-11/h5-6,14H,3-4H2,1-2H3,(H2,12,16)(H,13,18). The second-order valence-electron chi connectivity index (χ2n) is 4.06. The number of hydrogen-bond donors (Lipinski definition) is 3. The van der Waals surface area contributed by atoms with Crippen molar-refractivity contribution in [3.8, 4) is 0 Å². The molecule has 0 aliphatic heterocycles. The van der Waals surface area contributed by atoms with Gasteiger partial charge in [0.1, 0.15) is 10.6 Å². The van der Waals surface area contributed by atoms with E-state index in [1.165, 1.54) is 11.5 Å². The predicted octanol–water partition coefficient (Wildman–Crippen LogP) is 0.702. The lowest BCUT2D eigenvalue weighted by molar-refractivity contribution is 0.0965. The van der Waals surface area contributed by atoms with Crippen molar-refractivity contribution in [2.75, 3.05) is 24.6 Å². The summed E-state index contributed by atoms with van der Waals surface area (Å²) >= 11 is 1.18.